The van der Waals surface area contributed by atoms with Crippen molar-refractivity contribution in [2.45, 2.75) is 26.7 Å². The maximum absolute atomic E-state index is 10.9. The second-order valence-electron chi connectivity index (χ2n) is 5.55. The zero-order valence-corrected chi connectivity index (χ0v) is 12.3. The van der Waals surface area contributed by atoms with E-state index >= 15 is 0 Å². The minimum Gasteiger partial charge on any atom is -0.492 e. The number of carboxylic acid groups (broad SMARTS) is 1. The van der Waals surface area contributed by atoms with Crippen LogP contribution in [0.5, 0.6) is 5.75 Å². The lowest BCUT2D eigenvalue weighted by Crippen LogP contribution is -2.38. The first-order valence-electron chi connectivity index (χ1n) is 7.21. The van der Waals surface area contributed by atoms with Crippen molar-refractivity contribution >= 4 is 5.97 Å². The fourth-order valence-electron chi connectivity index (χ4n) is 2.50. The third-order valence-corrected chi connectivity index (χ3v) is 4.09. The first kappa shape index (κ1) is 14.9. The van der Waals surface area contributed by atoms with E-state index in [-0.39, 0.29) is 5.92 Å². The number of hydrogen-bond donors (Lipinski definition) is 1. The molecule has 0 radical (unpaired) electrons. The van der Waals surface area contributed by atoms with Crippen molar-refractivity contribution in [1.29, 1.82) is 0 Å². The van der Waals surface area contributed by atoms with Crippen molar-refractivity contribution in [1.82, 2.24) is 4.90 Å². The van der Waals surface area contributed by atoms with Crippen LogP contribution >= 0.6 is 0 Å². The molecule has 1 aliphatic heterocycles. The highest BCUT2D eigenvalue weighted by Crippen LogP contribution is 2.18. The third-order valence-electron chi connectivity index (χ3n) is 4.09. The Balaban J connectivity index is 1.71. The molecule has 0 aromatic heterocycles. The summed E-state index contributed by atoms with van der Waals surface area (Å²) < 4.78 is 5.76. The van der Waals surface area contributed by atoms with Gasteiger partial charge in [-0.2, -0.15) is 0 Å². The monoisotopic (exact) mass is 277 g/mol. The van der Waals surface area contributed by atoms with Crippen LogP contribution < -0.4 is 4.74 Å². The fourth-order valence-corrected chi connectivity index (χ4v) is 2.50. The Bertz CT molecular complexity index is 465. The molecular weight excluding hydrogens is 254 g/mol. The molecule has 1 N–H and O–H groups in total. The van der Waals surface area contributed by atoms with Gasteiger partial charge in [0, 0.05) is 6.54 Å². The van der Waals surface area contributed by atoms with Gasteiger partial charge >= 0.3 is 5.97 Å². The van der Waals surface area contributed by atoms with Crippen molar-refractivity contribution in [2.24, 2.45) is 5.92 Å². The van der Waals surface area contributed by atoms with Crippen LogP contribution in [0, 0.1) is 19.8 Å². The smallest absolute Gasteiger partial charge is 0.306 e. The van der Waals surface area contributed by atoms with Crippen molar-refractivity contribution in [2.75, 3.05) is 26.2 Å². The molecule has 1 fully saturated rings. The van der Waals surface area contributed by atoms with Crippen LogP contribution in [0.3, 0.4) is 0 Å². The van der Waals surface area contributed by atoms with Crippen LogP contribution in [0.2, 0.25) is 0 Å². The minimum atomic E-state index is -0.656. The number of piperidine rings is 1. The summed E-state index contributed by atoms with van der Waals surface area (Å²) in [6, 6.07) is 6.13. The summed E-state index contributed by atoms with van der Waals surface area (Å²) >= 11 is 0. The van der Waals surface area contributed by atoms with E-state index in [0.717, 1.165) is 38.2 Å². The Hall–Kier alpha value is -1.55. The summed E-state index contributed by atoms with van der Waals surface area (Å²) in [4.78, 5) is 13.2. The number of likely N-dealkylation sites (tertiary alicyclic amines) is 1. The summed E-state index contributed by atoms with van der Waals surface area (Å²) in [6.45, 7) is 7.39. The Morgan fingerprint density at radius 2 is 2.00 bits per heavy atom. The van der Waals surface area contributed by atoms with Crippen molar-refractivity contribution < 1.29 is 14.6 Å². The number of aryl methyl sites for hydroxylation is 2. The number of hydrogen-bond acceptors (Lipinski definition) is 3. The number of rotatable bonds is 5. The first-order valence-corrected chi connectivity index (χ1v) is 7.21. The van der Waals surface area contributed by atoms with E-state index in [4.69, 9.17) is 9.84 Å². The molecule has 0 aliphatic carbocycles. The highest BCUT2D eigenvalue weighted by Gasteiger charge is 2.23. The van der Waals surface area contributed by atoms with Gasteiger partial charge in [0.1, 0.15) is 12.4 Å². The molecule has 4 heteroatoms. The summed E-state index contributed by atoms with van der Waals surface area (Å²) in [5.74, 6) is 0.0940. The van der Waals surface area contributed by atoms with Gasteiger partial charge in [0.15, 0.2) is 0 Å². The van der Waals surface area contributed by atoms with Crippen LogP contribution in [0.1, 0.15) is 24.0 Å². The lowest BCUT2D eigenvalue weighted by Gasteiger charge is -2.29. The molecule has 0 unspecified atom stereocenters. The van der Waals surface area contributed by atoms with E-state index in [2.05, 4.69) is 30.9 Å². The van der Waals surface area contributed by atoms with Gasteiger partial charge in [0.25, 0.3) is 0 Å². The number of nitrogens with zero attached hydrogens (tertiary/aromatic N) is 1. The number of aliphatic carboxylic acids is 1. The third kappa shape index (κ3) is 3.97. The van der Waals surface area contributed by atoms with E-state index in [1.165, 1.54) is 11.1 Å². The van der Waals surface area contributed by atoms with Crippen molar-refractivity contribution in [3.05, 3.63) is 29.3 Å². The molecule has 0 bridgehead atoms. The van der Waals surface area contributed by atoms with Crippen molar-refractivity contribution in [3.8, 4) is 5.75 Å². The number of ether oxygens (including phenoxy) is 1. The van der Waals surface area contributed by atoms with E-state index in [1.807, 2.05) is 6.07 Å². The van der Waals surface area contributed by atoms with Crippen LogP contribution in [0.4, 0.5) is 0 Å². The molecule has 2 rings (SSSR count). The zero-order valence-electron chi connectivity index (χ0n) is 12.3. The Labute approximate surface area is 120 Å². The number of carboxylic acids is 1. The van der Waals surface area contributed by atoms with Crippen molar-refractivity contribution in [3.63, 3.8) is 0 Å². The highest BCUT2D eigenvalue weighted by atomic mass is 16.5. The molecule has 0 saturated carbocycles. The average Bonchev–Trinajstić information content (AvgIpc) is 2.43. The second-order valence-corrected chi connectivity index (χ2v) is 5.55. The predicted molar refractivity (Wildman–Crippen MR) is 78.2 cm³/mol. The van der Waals surface area contributed by atoms with Gasteiger partial charge in [-0.15, -0.1) is 0 Å². The number of benzene rings is 1. The molecule has 1 aromatic rings. The van der Waals surface area contributed by atoms with Crippen LogP contribution in [0.25, 0.3) is 0 Å². The molecule has 4 nitrogen and oxygen atoms in total. The molecule has 110 valence electrons. The largest absolute Gasteiger partial charge is 0.492 e. The normalized spacial score (nSPS) is 17.1. The standard InChI is InChI=1S/C16H23NO3/c1-12-3-4-15(11-13(12)2)20-10-9-17-7-5-14(6-8-17)16(18)19/h3-4,11,14H,5-10H2,1-2H3,(H,18,19). The van der Waals surface area contributed by atoms with Gasteiger partial charge in [-0.1, -0.05) is 6.07 Å². The first-order chi connectivity index (χ1) is 9.56. The fraction of sp³-hybridized carbons (Fsp3) is 0.562. The Morgan fingerprint density at radius 3 is 2.60 bits per heavy atom. The molecule has 1 aromatic carbocycles. The zero-order chi connectivity index (χ0) is 14.5. The lowest BCUT2D eigenvalue weighted by atomic mass is 9.97. The topological polar surface area (TPSA) is 49.8 Å². The van der Waals surface area contributed by atoms with E-state index in [9.17, 15) is 4.79 Å². The molecule has 20 heavy (non-hydrogen) atoms. The highest BCUT2D eigenvalue weighted by molar-refractivity contribution is 5.70. The van der Waals surface area contributed by atoms with Gasteiger partial charge in [0.2, 0.25) is 0 Å². The van der Waals surface area contributed by atoms with Gasteiger partial charge < -0.3 is 9.84 Å². The maximum atomic E-state index is 10.9. The molecule has 0 spiro atoms. The van der Waals surface area contributed by atoms with E-state index in [1.54, 1.807) is 0 Å². The number of carbonyl (C=O) groups is 1. The van der Waals surface area contributed by atoms with Gasteiger partial charge in [0.05, 0.1) is 5.92 Å². The van der Waals surface area contributed by atoms with E-state index in [0.29, 0.717) is 6.61 Å². The van der Waals surface area contributed by atoms with Gasteiger partial charge in [-0.05, 0) is 63.0 Å². The molecule has 1 aliphatic rings. The van der Waals surface area contributed by atoms with Gasteiger partial charge in [-0.25, -0.2) is 0 Å². The average molecular weight is 277 g/mol. The molecular formula is C16H23NO3. The maximum Gasteiger partial charge on any atom is 0.306 e. The van der Waals surface area contributed by atoms with Crippen LogP contribution in [-0.4, -0.2) is 42.2 Å². The van der Waals surface area contributed by atoms with Crippen LogP contribution in [0.15, 0.2) is 18.2 Å². The summed E-state index contributed by atoms with van der Waals surface area (Å²) in [6.07, 6.45) is 1.50. The second kappa shape index (κ2) is 6.75. The summed E-state index contributed by atoms with van der Waals surface area (Å²) in [5.41, 5.74) is 2.51. The predicted octanol–water partition coefficient (Wildman–Crippen LogP) is 2.48. The SMILES string of the molecule is Cc1ccc(OCCN2CCC(C(=O)O)CC2)cc1C. The van der Waals surface area contributed by atoms with Crippen LogP contribution in [-0.2, 0) is 4.79 Å². The quantitative estimate of drug-likeness (QED) is 0.898. The summed E-state index contributed by atoms with van der Waals surface area (Å²) in [7, 11) is 0. The molecule has 1 heterocycles. The lowest BCUT2D eigenvalue weighted by molar-refractivity contribution is -0.143. The molecule has 0 amide bonds. The summed E-state index contributed by atoms with van der Waals surface area (Å²) in [5, 5.41) is 8.95. The molecule has 0 atom stereocenters. The Kier molecular flexibility index (Phi) is 5.01. The van der Waals surface area contributed by atoms with Gasteiger partial charge in [-0.3, -0.25) is 9.69 Å². The Morgan fingerprint density at radius 1 is 1.30 bits per heavy atom. The van der Waals surface area contributed by atoms with E-state index < -0.39 is 5.97 Å². The molecule has 1 saturated heterocycles. The minimum absolute atomic E-state index is 0.160.